The lowest BCUT2D eigenvalue weighted by molar-refractivity contribution is -0.948. The average molecular weight is 695 g/mol. The Bertz CT molecular complexity index is 1460. The van der Waals surface area contributed by atoms with Crippen LogP contribution in [0.2, 0.25) is 0 Å². The minimum atomic E-state index is -0.537. The fourth-order valence-corrected chi connectivity index (χ4v) is 6.51. The van der Waals surface area contributed by atoms with Crippen LogP contribution in [0.4, 0.5) is 4.39 Å². The lowest BCUT2D eigenvalue weighted by atomic mass is 9.87. The van der Waals surface area contributed by atoms with Gasteiger partial charge >= 0.3 is 5.97 Å². The molecule has 0 unspecified atom stereocenters. The van der Waals surface area contributed by atoms with E-state index in [9.17, 15) is 14.0 Å². The van der Waals surface area contributed by atoms with Crippen LogP contribution in [0.5, 0.6) is 0 Å². The van der Waals surface area contributed by atoms with E-state index in [1.807, 2.05) is 25.3 Å². The Morgan fingerprint density at radius 3 is 2.74 bits per heavy atom. The Labute approximate surface area is 264 Å². The van der Waals surface area contributed by atoms with Gasteiger partial charge in [-0.3, -0.25) is 18.6 Å². The quantitative estimate of drug-likeness (QED) is 0.185. The van der Waals surface area contributed by atoms with Gasteiger partial charge in [0.1, 0.15) is 11.6 Å². The molecule has 10 heteroatoms. The molecule has 2 aliphatic rings. The van der Waals surface area contributed by atoms with E-state index in [1.54, 1.807) is 6.07 Å². The first-order chi connectivity index (χ1) is 19.6. The van der Waals surface area contributed by atoms with Gasteiger partial charge in [-0.25, -0.2) is 9.37 Å². The van der Waals surface area contributed by atoms with Crippen molar-refractivity contribution in [2.24, 2.45) is 5.41 Å². The molecule has 230 valence electrons. The highest BCUT2D eigenvalue weighted by Gasteiger charge is 2.39. The molecule has 2 aromatic heterocycles. The molecule has 42 heavy (non-hydrogen) atoms. The van der Waals surface area contributed by atoms with E-state index in [1.165, 1.54) is 12.1 Å². The van der Waals surface area contributed by atoms with Gasteiger partial charge in [-0.15, -0.1) is 0 Å². The molecule has 1 saturated heterocycles. The number of esters is 1. The van der Waals surface area contributed by atoms with Gasteiger partial charge in [0.25, 0.3) is 5.56 Å². The molecule has 1 fully saturated rings. The first-order valence-electron chi connectivity index (χ1n) is 15.3. The Morgan fingerprint density at radius 2 is 2.00 bits per heavy atom. The number of quaternary nitrogens is 1. The van der Waals surface area contributed by atoms with E-state index >= 15 is 0 Å². The highest BCUT2D eigenvalue weighted by Crippen LogP contribution is 2.36. The number of likely N-dealkylation sites (tertiary alicyclic amines) is 1. The highest BCUT2D eigenvalue weighted by atomic mass is 127. The maximum absolute atomic E-state index is 13.7. The zero-order valence-corrected chi connectivity index (χ0v) is 27.5. The summed E-state index contributed by atoms with van der Waals surface area (Å²) in [5.41, 5.74) is 2.46. The molecular formula is C32H44FIN4O4. The summed E-state index contributed by atoms with van der Waals surface area (Å²) >= 11 is 0. The fourth-order valence-electron chi connectivity index (χ4n) is 6.51. The minimum Gasteiger partial charge on any atom is -1.00 e. The molecule has 0 aliphatic carbocycles. The van der Waals surface area contributed by atoms with Crippen LogP contribution in [-0.2, 0) is 28.9 Å². The van der Waals surface area contributed by atoms with Crippen molar-refractivity contribution in [3.8, 4) is 0 Å². The second-order valence-corrected chi connectivity index (χ2v) is 12.8. The van der Waals surface area contributed by atoms with Crippen molar-refractivity contribution in [1.82, 2.24) is 14.7 Å². The van der Waals surface area contributed by atoms with Crippen molar-refractivity contribution in [3.05, 3.63) is 57.1 Å². The Balaban J connectivity index is 0.00000405. The molecule has 0 radical (unpaired) electrons. The van der Waals surface area contributed by atoms with Crippen LogP contribution >= 0.6 is 0 Å². The monoisotopic (exact) mass is 694 g/mol. The summed E-state index contributed by atoms with van der Waals surface area (Å²) in [4.78, 5) is 31.4. The normalized spacial score (nSPS) is 20.6. The van der Waals surface area contributed by atoms with Crippen LogP contribution in [-0.4, -0.2) is 51.5 Å². The maximum atomic E-state index is 13.7. The number of halogens is 2. The second kappa shape index (κ2) is 13.5. The van der Waals surface area contributed by atoms with Gasteiger partial charge in [0.05, 0.1) is 30.7 Å². The first-order valence-corrected chi connectivity index (χ1v) is 15.3. The predicted octanol–water partition coefficient (Wildman–Crippen LogP) is 2.83. The summed E-state index contributed by atoms with van der Waals surface area (Å²) in [7, 11) is 0. The number of unbranched alkanes of at least 4 members (excludes halogenated alkanes) is 1. The molecule has 0 spiro atoms. The third-order valence-electron chi connectivity index (χ3n) is 9.35. The largest absolute Gasteiger partial charge is 1.00 e. The third-order valence-corrected chi connectivity index (χ3v) is 9.35. The highest BCUT2D eigenvalue weighted by molar-refractivity contribution is 5.80. The topological polar surface area (TPSA) is 87.2 Å². The summed E-state index contributed by atoms with van der Waals surface area (Å²) in [5.74, 6) is 0.561. The average Bonchev–Trinajstić information content (AvgIpc) is 3.38. The van der Waals surface area contributed by atoms with Crippen molar-refractivity contribution in [2.75, 3.05) is 26.4 Å². The van der Waals surface area contributed by atoms with Crippen molar-refractivity contribution in [3.63, 3.8) is 0 Å². The molecule has 0 saturated carbocycles. The van der Waals surface area contributed by atoms with E-state index < -0.39 is 5.41 Å². The molecule has 0 atom stereocenters. The number of hydrogen-bond donors (Lipinski definition) is 0. The molecule has 2 aliphatic heterocycles. The molecule has 0 amide bonds. The molecule has 5 rings (SSSR count). The van der Waals surface area contributed by atoms with E-state index in [2.05, 4.69) is 12.1 Å². The van der Waals surface area contributed by atoms with E-state index in [-0.39, 0.29) is 54.0 Å². The number of rotatable bonds is 10. The first kappa shape index (κ1) is 32.6. The molecule has 4 heterocycles. The number of aromatic nitrogens is 3. The molecule has 8 nitrogen and oxygen atoms in total. The third kappa shape index (κ3) is 6.90. The summed E-state index contributed by atoms with van der Waals surface area (Å²) in [6.07, 6.45) is 7.98. The zero-order valence-electron chi connectivity index (χ0n) is 25.4. The molecule has 3 aromatic rings. The van der Waals surface area contributed by atoms with Crippen molar-refractivity contribution >= 4 is 16.9 Å². The number of hydrogen-bond acceptors (Lipinski definition) is 6. The second-order valence-electron chi connectivity index (χ2n) is 12.8. The molecule has 1 aromatic carbocycles. The number of carbonyl (C=O) groups excluding carboxylic acids is 1. The summed E-state index contributed by atoms with van der Waals surface area (Å²) in [6.45, 7) is 11.3. The van der Waals surface area contributed by atoms with E-state index in [0.29, 0.717) is 23.0 Å². The number of fused-ring (bicyclic) bond motifs is 2. The van der Waals surface area contributed by atoms with Gasteiger partial charge in [-0.1, -0.05) is 24.9 Å². The smallest absolute Gasteiger partial charge is 0.315 e. The SMILES string of the molecule is CCCCC(C)(C)C(=O)OC[N+]1(CCc2c(C)nc3n(c2=O)CCCC3)CCC(c2noc3cc(F)ccc23)CC1.[I-]. The van der Waals surface area contributed by atoms with Gasteiger partial charge in [0, 0.05) is 60.9 Å². The van der Waals surface area contributed by atoms with Crippen molar-refractivity contribution in [2.45, 2.75) is 97.9 Å². The number of benzene rings is 1. The standard InChI is InChI=1S/C32H44FN4O4.HI/c1-5-6-15-32(3,4)31(39)40-21-37(19-14-25-22(2)34-28-9-7-8-16-36(28)30(25)38)17-12-23(13-18-37)29-26-11-10-24(33)20-27(26)41-35-29;/h10-11,20,23H,5-9,12-19,21H2,1-4H3;1H/q+1;/p-1. The maximum Gasteiger partial charge on any atom is 0.315 e. The Morgan fingerprint density at radius 1 is 1.24 bits per heavy atom. The minimum absolute atomic E-state index is 0. The predicted molar refractivity (Wildman–Crippen MR) is 155 cm³/mol. The van der Waals surface area contributed by atoms with Crippen LogP contribution in [0.15, 0.2) is 27.5 Å². The van der Waals surface area contributed by atoms with Crippen LogP contribution in [0.25, 0.3) is 11.0 Å². The lowest BCUT2D eigenvalue weighted by Crippen LogP contribution is -3.00. The van der Waals surface area contributed by atoms with Crippen LogP contribution in [0.3, 0.4) is 0 Å². The van der Waals surface area contributed by atoms with Crippen LogP contribution < -0.4 is 29.5 Å². The number of carbonyl (C=O) groups is 1. The number of piperidine rings is 1. The van der Waals surface area contributed by atoms with Crippen LogP contribution in [0.1, 0.15) is 94.4 Å². The van der Waals surface area contributed by atoms with E-state index in [4.69, 9.17) is 14.2 Å². The Kier molecular flexibility index (Phi) is 10.5. The molecular weight excluding hydrogens is 650 g/mol. The number of nitrogens with zero attached hydrogens (tertiary/aromatic N) is 4. The lowest BCUT2D eigenvalue weighted by Gasteiger charge is -2.43. The molecule has 0 bridgehead atoms. The van der Waals surface area contributed by atoms with Crippen molar-refractivity contribution in [1.29, 1.82) is 0 Å². The van der Waals surface area contributed by atoms with Gasteiger partial charge < -0.3 is 33.2 Å². The fraction of sp³-hybridized carbons (Fsp3) is 0.625. The number of ether oxygens (including phenoxy) is 1. The van der Waals surface area contributed by atoms with E-state index in [0.717, 1.165) is 99.2 Å². The number of aryl methyl sites for hydroxylation is 2. The molecule has 0 N–H and O–H groups in total. The van der Waals surface area contributed by atoms with Gasteiger partial charge in [0.15, 0.2) is 5.58 Å². The van der Waals surface area contributed by atoms with Crippen LogP contribution in [0, 0.1) is 18.2 Å². The summed E-state index contributed by atoms with van der Waals surface area (Å²) < 4.78 is 27.7. The Hall–Kier alpha value is -2.34. The van der Waals surface area contributed by atoms with Gasteiger partial charge in [0.2, 0.25) is 6.73 Å². The van der Waals surface area contributed by atoms with Gasteiger partial charge in [-0.05, 0) is 52.2 Å². The summed E-state index contributed by atoms with van der Waals surface area (Å²) in [6, 6.07) is 4.56. The van der Waals surface area contributed by atoms with Gasteiger partial charge in [-0.2, -0.15) is 0 Å². The zero-order chi connectivity index (χ0) is 29.2. The van der Waals surface area contributed by atoms with Crippen molar-refractivity contribution < 1.29 is 46.9 Å². The summed E-state index contributed by atoms with van der Waals surface area (Å²) in [5, 5.41) is 5.17.